The highest BCUT2D eigenvalue weighted by Gasteiger charge is 2.24. The predicted octanol–water partition coefficient (Wildman–Crippen LogP) is 4.06. The summed E-state index contributed by atoms with van der Waals surface area (Å²) in [6.45, 7) is 0.929. The molecule has 7 heteroatoms. The van der Waals surface area contributed by atoms with Crippen LogP contribution in [0, 0.1) is 11.6 Å². The Morgan fingerprint density at radius 3 is 2.74 bits per heavy atom. The van der Waals surface area contributed by atoms with Crippen molar-refractivity contribution in [1.29, 1.82) is 0 Å². The molecule has 3 rings (SSSR count). The van der Waals surface area contributed by atoms with Crippen LogP contribution in [-0.2, 0) is 4.79 Å². The largest absolute Gasteiger partial charge is 0.493 e. The molecule has 0 bridgehead atoms. The van der Waals surface area contributed by atoms with E-state index < -0.39 is 11.6 Å². The van der Waals surface area contributed by atoms with E-state index in [9.17, 15) is 13.6 Å². The van der Waals surface area contributed by atoms with Crippen LogP contribution >= 0.6 is 11.8 Å². The normalized spacial score (nSPS) is 17.3. The molecule has 0 spiro atoms. The topological polar surface area (TPSA) is 38.8 Å². The second-order valence-electron chi connectivity index (χ2n) is 6.13. The van der Waals surface area contributed by atoms with Crippen molar-refractivity contribution in [3.8, 4) is 11.5 Å². The number of benzene rings is 2. The summed E-state index contributed by atoms with van der Waals surface area (Å²) in [5.74, 6) is 0.737. The van der Waals surface area contributed by atoms with Gasteiger partial charge in [-0.15, -0.1) is 0 Å². The van der Waals surface area contributed by atoms with Gasteiger partial charge < -0.3 is 14.4 Å². The van der Waals surface area contributed by atoms with E-state index in [0.29, 0.717) is 42.3 Å². The maximum absolute atomic E-state index is 14.0. The van der Waals surface area contributed by atoms with Crippen molar-refractivity contribution < 1.29 is 23.0 Å². The summed E-state index contributed by atoms with van der Waals surface area (Å²) in [4.78, 5) is 14.2. The van der Waals surface area contributed by atoms with Crippen molar-refractivity contribution in [2.45, 2.75) is 11.7 Å². The van der Waals surface area contributed by atoms with Crippen LogP contribution in [0.5, 0.6) is 11.5 Å². The molecule has 0 saturated carbocycles. The van der Waals surface area contributed by atoms with Gasteiger partial charge in [0.15, 0.2) is 18.1 Å². The van der Waals surface area contributed by atoms with Gasteiger partial charge in [0.05, 0.1) is 7.11 Å². The zero-order chi connectivity index (χ0) is 19.2. The molecule has 0 aromatic heterocycles. The van der Waals surface area contributed by atoms with Crippen LogP contribution in [0.25, 0.3) is 0 Å². The van der Waals surface area contributed by atoms with E-state index in [0.717, 1.165) is 12.1 Å². The Balaban J connectivity index is 1.59. The minimum atomic E-state index is -0.450. The standard InChI is InChI=1S/C20H21F2NO3S/c1-25-17-4-2-3-5-18(17)26-13-20(24)23-9-8-19(27-11-10-23)15-12-14(21)6-7-16(15)22/h2-7,12,19H,8-11,13H2,1H3/t19-/m0/s1. The highest BCUT2D eigenvalue weighted by Crippen LogP contribution is 2.36. The molecule has 1 heterocycles. The van der Waals surface area contributed by atoms with Crippen molar-refractivity contribution in [2.75, 3.05) is 32.6 Å². The first-order valence-corrected chi connectivity index (χ1v) is 9.73. The van der Waals surface area contributed by atoms with Gasteiger partial charge in [-0.25, -0.2) is 8.78 Å². The Morgan fingerprint density at radius 1 is 1.19 bits per heavy atom. The number of thioether (sulfide) groups is 1. The Hall–Kier alpha value is -2.28. The lowest BCUT2D eigenvalue weighted by Crippen LogP contribution is -2.36. The molecule has 2 aromatic rings. The highest BCUT2D eigenvalue weighted by atomic mass is 32.2. The second kappa shape index (κ2) is 9.08. The number of methoxy groups -OCH3 is 1. The van der Waals surface area contributed by atoms with Gasteiger partial charge in [0.2, 0.25) is 0 Å². The third-order valence-corrected chi connectivity index (χ3v) is 5.73. The maximum atomic E-state index is 14.0. The number of hydrogen-bond acceptors (Lipinski definition) is 4. The smallest absolute Gasteiger partial charge is 0.260 e. The third kappa shape index (κ3) is 4.91. The van der Waals surface area contributed by atoms with Gasteiger partial charge in [0, 0.05) is 29.7 Å². The Morgan fingerprint density at radius 2 is 1.96 bits per heavy atom. The van der Waals surface area contributed by atoms with Crippen LogP contribution in [-0.4, -0.2) is 43.4 Å². The van der Waals surface area contributed by atoms with Gasteiger partial charge in [-0.2, -0.15) is 11.8 Å². The number of para-hydroxylation sites is 2. The summed E-state index contributed by atoms with van der Waals surface area (Å²) in [6, 6.07) is 10.7. The SMILES string of the molecule is COc1ccccc1OCC(=O)N1CCS[C@H](c2cc(F)ccc2F)CC1. The van der Waals surface area contributed by atoms with Crippen molar-refractivity contribution in [1.82, 2.24) is 4.90 Å². The fourth-order valence-electron chi connectivity index (χ4n) is 3.00. The number of carbonyl (C=O) groups excluding carboxylic acids is 1. The fourth-order valence-corrected chi connectivity index (χ4v) is 4.24. The quantitative estimate of drug-likeness (QED) is 0.768. The monoisotopic (exact) mass is 393 g/mol. The van der Waals surface area contributed by atoms with Crippen molar-refractivity contribution >= 4 is 17.7 Å². The van der Waals surface area contributed by atoms with Gasteiger partial charge in [-0.05, 0) is 36.8 Å². The molecule has 4 nitrogen and oxygen atoms in total. The minimum absolute atomic E-state index is 0.0932. The molecule has 0 radical (unpaired) electrons. The van der Waals surface area contributed by atoms with Crippen LogP contribution in [0.4, 0.5) is 8.78 Å². The molecule has 1 aliphatic heterocycles. The molecule has 27 heavy (non-hydrogen) atoms. The first kappa shape index (κ1) is 19.5. The first-order valence-electron chi connectivity index (χ1n) is 8.68. The number of amides is 1. The van der Waals surface area contributed by atoms with E-state index in [4.69, 9.17) is 9.47 Å². The van der Waals surface area contributed by atoms with Crippen LogP contribution in [0.2, 0.25) is 0 Å². The van der Waals surface area contributed by atoms with Crippen LogP contribution in [0.1, 0.15) is 17.2 Å². The first-order chi connectivity index (χ1) is 13.1. The van der Waals surface area contributed by atoms with Gasteiger partial charge in [-0.1, -0.05) is 12.1 Å². The predicted molar refractivity (Wildman–Crippen MR) is 101 cm³/mol. The number of ether oxygens (including phenoxy) is 2. The van der Waals surface area contributed by atoms with E-state index in [1.807, 2.05) is 12.1 Å². The number of carbonyl (C=O) groups is 1. The molecule has 1 amide bonds. The summed E-state index contributed by atoms with van der Waals surface area (Å²) in [5.41, 5.74) is 0.361. The zero-order valence-electron chi connectivity index (χ0n) is 15.0. The summed E-state index contributed by atoms with van der Waals surface area (Å²) in [5, 5.41) is -0.173. The van der Waals surface area contributed by atoms with Gasteiger partial charge >= 0.3 is 0 Å². The van der Waals surface area contributed by atoms with Crippen LogP contribution in [0.3, 0.4) is 0 Å². The Bertz CT molecular complexity index is 803. The van der Waals surface area contributed by atoms with Crippen molar-refractivity contribution in [3.05, 3.63) is 59.7 Å². The van der Waals surface area contributed by atoms with Crippen LogP contribution in [0.15, 0.2) is 42.5 Å². The minimum Gasteiger partial charge on any atom is -0.493 e. The average Bonchev–Trinajstić information content (AvgIpc) is 2.94. The lowest BCUT2D eigenvalue weighted by molar-refractivity contribution is -0.133. The average molecular weight is 393 g/mol. The molecule has 0 N–H and O–H groups in total. The number of halogens is 2. The van der Waals surface area contributed by atoms with E-state index in [-0.39, 0.29) is 17.8 Å². The molecule has 1 aliphatic rings. The molecular weight excluding hydrogens is 372 g/mol. The van der Waals surface area contributed by atoms with E-state index in [1.165, 1.54) is 6.07 Å². The van der Waals surface area contributed by atoms with E-state index in [2.05, 4.69) is 0 Å². The summed E-state index contributed by atoms with van der Waals surface area (Å²) in [6.07, 6.45) is 0.561. The van der Waals surface area contributed by atoms with E-state index >= 15 is 0 Å². The summed E-state index contributed by atoms with van der Waals surface area (Å²) in [7, 11) is 1.54. The van der Waals surface area contributed by atoms with Gasteiger partial charge in [0.1, 0.15) is 11.6 Å². The van der Waals surface area contributed by atoms with Gasteiger partial charge in [-0.3, -0.25) is 4.79 Å². The number of hydrogen-bond donors (Lipinski definition) is 0. The third-order valence-electron chi connectivity index (χ3n) is 4.42. The van der Waals surface area contributed by atoms with Crippen molar-refractivity contribution in [2.24, 2.45) is 0 Å². The number of rotatable bonds is 5. The molecule has 1 saturated heterocycles. The lowest BCUT2D eigenvalue weighted by Gasteiger charge is -2.21. The molecule has 0 aliphatic carbocycles. The Kier molecular flexibility index (Phi) is 6.55. The fraction of sp³-hybridized carbons (Fsp3) is 0.350. The highest BCUT2D eigenvalue weighted by molar-refractivity contribution is 7.99. The second-order valence-corrected chi connectivity index (χ2v) is 7.44. The Labute approximate surface area is 161 Å². The number of nitrogens with zero attached hydrogens (tertiary/aromatic N) is 1. The molecule has 2 aromatic carbocycles. The van der Waals surface area contributed by atoms with Crippen molar-refractivity contribution in [3.63, 3.8) is 0 Å². The van der Waals surface area contributed by atoms with Crippen LogP contribution < -0.4 is 9.47 Å². The summed E-state index contributed by atoms with van der Waals surface area (Å²) >= 11 is 1.54. The molecule has 0 unspecified atom stereocenters. The van der Waals surface area contributed by atoms with E-state index in [1.54, 1.807) is 35.9 Å². The lowest BCUT2D eigenvalue weighted by atomic mass is 10.1. The van der Waals surface area contributed by atoms with Gasteiger partial charge in [0.25, 0.3) is 5.91 Å². The zero-order valence-corrected chi connectivity index (χ0v) is 15.8. The molecule has 1 atom stereocenters. The molecular formula is C20H21F2NO3S. The molecule has 1 fully saturated rings. The molecule has 144 valence electrons. The maximum Gasteiger partial charge on any atom is 0.260 e. The summed E-state index contributed by atoms with van der Waals surface area (Å²) < 4.78 is 38.3.